The SMILES string of the molecule is CSCCC(NC(=O)c1cc(Br)ccc1Br)C(=O)O. The van der Waals surface area contributed by atoms with Gasteiger partial charge in [-0.3, -0.25) is 4.79 Å². The zero-order chi connectivity index (χ0) is 14.4. The summed E-state index contributed by atoms with van der Waals surface area (Å²) in [7, 11) is 0. The molecule has 0 bridgehead atoms. The minimum Gasteiger partial charge on any atom is -0.480 e. The molecule has 2 N–H and O–H groups in total. The highest BCUT2D eigenvalue weighted by atomic mass is 79.9. The van der Waals surface area contributed by atoms with Crippen LogP contribution in [-0.2, 0) is 4.79 Å². The molecule has 0 radical (unpaired) electrons. The first-order valence-electron chi connectivity index (χ1n) is 5.43. The largest absolute Gasteiger partial charge is 0.480 e. The number of hydrogen-bond acceptors (Lipinski definition) is 3. The van der Waals surface area contributed by atoms with E-state index in [-0.39, 0.29) is 0 Å². The van der Waals surface area contributed by atoms with E-state index in [9.17, 15) is 9.59 Å². The van der Waals surface area contributed by atoms with E-state index in [1.54, 1.807) is 30.0 Å². The fourth-order valence-corrected chi connectivity index (χ4v) is 2.66. The molecule has 1 aromatic carbocycles. The Labute approximate surface area is 132 Å². The molecule has 104 valence electrons. The van der Waals surface area contributed by atoms with Gasteiger partial charge in [-0.2, -0.15) is 11.8 Å². The van der Waals surface area contributed by atoms with Crippen LogP contribution in [0.15, 0.2) is 27.1 Å². The zero-order valence-corrected chi connectivity index (χ0v) is 14.1. The molecule has 0 saturated carbocycles. The summed E-state index contributed by atoms with van der Waals surface area (Å²) in [6, 6.07) is 4.30. The molecule has 1 rings (SSSR count). The average molecular weight is 411 g/mol. The maximum atomic E-state index is 12.1. The number of amides is 1. The number of carbonyl (C=O) groups is 2. The third-order valence-electron chi connectivity index (χ3n) is 2.39. The third kappa shape index (κ3) is 5.16. The molecule has 0 saturated heterocycles. The topological polar surface area (TPSA) is 66.4 Å². The van der Waals surface area contributed by atoms with E-state index in [2.05, 4.69) is 37.2 Å². The quantitative estimate of drug-likeness (QED) is 0.755. The summed E-state index contributed by atoms with van der Waals surface area (Å²) in [6.45, 7) is 0. The van der Waals surface area contributed by atoms with Crippen molar-refractivity contribution in [1.29, 1.82) is 0 Å². The molecule has 0 spiro atoms. The van der Waals surface area contributed by atoms with Gasteiger partial charge in [0.25, 0.3) is 5.91 Å². The van der Waals surface area contributed by atoms with Crippen LogP contribution in [0.2, 0.25) is 0 Å². The summed E-state index contributed by atoms with van der Waals surface area (Å²) in [5.74, 6) is -0.744. The molecule has 0 aliphatic carbocycles. The van der Waals surface area contributed by atoms with Crippen molar-refractivity contribution in [2.75, 3.05) is 12.0 Å². The van der Waals surface area contributed by atoms with Crippen molar-refractivity contribution in [2.24, 2.45) is 0 Å². The van der Waals surface area contributed by atoms with Crippen molar-refractivity contribution in [2.45, 2.75) is 12.5 Å². The van der Waals surface area contributed by atoms with Gasteiger partial charge in [0.15, 0.2) is 0 Å². The number of benzene rings is 1. The van der Waals surface area contributed by atoms with Crippen molar-refractivity contribution in [1.82, 2.24) is 5.32 Å². The highest BCUT2D eigenvalue weighted by molar-refractivity contribution is 9.11. The molecule has 0 heterocycles. The Balaban J connectivity index is 2.81. The molecule has 1 atom stereocenters. The number of halogens is 2. The Morgan fingerprint density at radius 3 is 2.68 bits per heavy atom. The molecule has 1 unspecified atom stereocenters. The van der Waals surface area contributed by atoms with Crippen LogP contribution in [0.1, 0.15) is 16.8 Å². The van der Waals surface area contributed by atoms with Crippen LogP contribution in [0.4, 0.5) is 0 Å². The molecule has 0 fully saturated rings. The number of carboxylic acids is 1. The van der Waals surface area contributed by atoms with Crippen LogP contribution < -0.4 is 5.32 Å². The summed E-state index contributed by atoms with van der Waals surface area (Å²) in [6.07, 6.45) is 2.29. The van der Waals surface area contributed by atoms with Crippen molar-refractivity contribution in [3.05, 3.63) is 32.7 Å². The number of carboxylic acid groups (broad SMARTS) is 1. The molecule has 7 heteroatoms. The normalized spacial score (nSPS) is 11.9. The van der Waals surface area contributed by atoms with Gasteiger partial charge in [0.05, 0.1) is 5.56 Å². The minimum atomic E-state index is -1.02. The van der Waals surface area contributed by atoms with E-state index in [1.807, 2.05) is 6.26 Å². The Morgan fingerprint density at radius 1 is 1.42 bits per heavy atom. The second-order valence-corrected chi connectivity index (χ2v) is 6.53. The number of nitrogens with one attached hydrogen (secondary N) is 1. The number of rotatable bonds is 6. The highest BCUT2D eigenvalue weighted by Crippen LogP contribution is 2.21. The predicted octanol–water partition coefficient (Wildman–Crippen LogP) is 3.15. The van der Waals surface area contributed by atoms with E-state index >= 15 is 0 Å². The van der Waals surface area contributed by atoms with Crippen LogP contribution >= 0.6 is 43.6 Å². The van der Waals surface area contributed by atoms with E-state index in [4.69, 9.17) is 5.11 Å². The van der Waals surface area contributed by atoms with Crippen LogP contribution in [0.3, 0.4) is 0 Å². The summed E-state index contributed by atoms with van der Waals surface area (Å²) in [5, 5.41) is 11.6. The Morgan fingerprint density at radius 2 is 2.11 bits per heavy atom. The van der Waals surface area contributed by atoms with E-state index in [0.717, 1.165) is 4.47 Å². The lowest BCUT2D eigenvalue weighted by Gasteiger charge is -2.14. The van der Waals surface area contributed by atoms with Crippen LogP contribution in [0.25, 0.3) is 0 Å². The van der Waals surface area contributed by atoms with Gasteiger partial charge in [0, 0.05) is 8.95 Å². The van der Waals surface area contributed by atoms with Gasteiger partial charge in [0.2, 0.25) is 0 Å². The lowest BCUT2D eigenvalue weighted by atomic mass is 10.1. The van der Waals surface area contributed by atoms with Gasteiger partial charge >= 0.3 is 5.97 Å². The molecule has 1 aromatic rings. The van der Waals surface area contributed by atoms with Gasteiger partial charge in [0.1, 0.15) is 6.04 Å². The third-order valence-corrected chi connectivity index (χ3v) is 4.22. The Hall–Kier alpha value is -0.530. The van der Waals surface area contributed by atoms with Crippen molar-refractivity contribution >= 4 is 55.5 Å². The number of aliphatic carboxylic acids is 1. The molecule has 19 heavy (non-hydrogen) atoms. The molecule has 0 aliphatic heterocycles. The summed E-state index contributed by atoms with van der Waals surface area (Å²) in [5.41, 5.74) is 0.407. The molecule has 0 aliphatic rings. The second kappa shape index (κ2) is 7.91. The zero-order valence-electron chi connectivity index (χ0n) is 10.2. The number of carbonyl (C=O) groups excluding carboxylic acids is 1. The fourth-order valence-electron chi connectivity index (χ4n) is 1.40. The fraction of sp³-hybridized carbons (Fsp3) is 0.333. The first-order chi connectivity index (χ1) is 8.95. The molecular weight excluding hydrogens is 398 g/mol. The number of thioether (sulfide) groups is 1. The number of hydrogen-bond donors (Lipinski definition) is 2. The first-order valence-corrected chi connectivity index (χ1v) is 8.41. The van der Waals surface area contributed by atoms with Crippen LogP contribution in [0.5, 0.6) is 0 Å². The van der Waals surface area contributed by atoms with E-state index < -0.39 is 17.9 Å². The second-order valence-electron chi connectivity index (χ2n) is 3.77. The Bertz CT molecular complexity index is 482. The standard InChI is InChI=1S/C12H13Br2NO3S/c1-19-5-4-10(12(17)18)15-11(16)8-6-7(13)2-3-9(8)14/h2-3,6,10H,4-5H2,1H3,(H,15,16)(H,17,18). The van der Waals surface area contributed by atoms with E-state index in [0.29, 0.717) is 22.2 Å². The smallest absolute Gasteiger partial charge is 0.326 e. The lowest BCUT2D eigenvalue weighted by Crippen LogP contribution is -2.41. The molecule has 1 amide bonds. The van der Waals surface area contributed by atoms with Gasteiger partial charge in [-0.05, 0) is 52.6 Å². The first kappa shape index (κ1) is 16.5. The van der Waals surface area contributed by atoms with Gasteiger partial charge in [-0.1, -0.05) is 15.9 Å². The minimum absolute atomic E-state index is 0.397. The highest BCUT2D eigenvalue weighted by Gasteiger charge is 2.21. The maximum absolute atomic E-state index is 12.1. The summed E-state index contributed by atoms with van der Waals surface area (Å²) >= 11 is 8.10. The van der Waals surface area contributed by atoms with Crippen LogP contribution in [0, 0.1) is 0 Å². The van der Waals surface area contributed by atoms with Crippen molar-refractivity contribution in [3.8, 4) is 0 Å². The van der Waals surface area contributed by atoms with Crippen molar-refractivity contribution in [3.63, 3.8) is 0 Å². The lowest BCUT2D eigenvalue weighted by molar-refractivity contribution is -0.139. The average Bonchev–Trinajstić information content (AvgIpc) is 2.36. The Kier molecular flexibility index (Phi) is 6.88. The summed E-state index contributed by atoms with van der Waals surface area (Å²) in [4.78, 5) is 23.1. The monoisotopic (exact) mass is 409 g/mol. The maximum Gasteiger partial charge on any atom is 0.326 e. The molecule has 0 aromatic heterocycles. The van der Waals surface area contributed by atoms with Gasteiger partial charge in [-0.15, -0.1) is 0 Å². The van der Waals surface area contributed by atoms with Gasteiger partial charge in [-0.25, -0.2) is 4.79 Å². The summed E-state index contributed by atoms with van der Waals surface area (Å²) < 4.78 is 1.39. The molecular formula is C12H13Br2NO3S. The molecule has 4 nitrogen and oxygen atoms in total. The van der Waals surface area contributed by atoms with Crippen molar-refractivity contribution < 1.29 is 14.7 Å². The van der Waals surface area contributed by atoms with Gasteiger partial charge < -0.3 is 10.4 Å². The predicted molar refractivity (Wildman–Crippen MR) is 83.7 cm³/mol. The van der Waals surface area contributed by atoms with Crippen LogP contribution in [-0.4, -0.2) is 35.0 Å². The van der Waals surface area contributed by atoms with E-state index in [1.165, 1.54) is 0 Å².